The lowest BCUT2D eigenvalue weighted by molar-refractivity contribution is 0.199. The summed E-state index contributed by atoms with van der Waals surface area (Å²) in [6.45, 7) is 1.76. The van der Waals surface area contributed by atoms with Crippen LogP contribution in [0.25, 0.3) is 11.0 Å². The number of halogens is 1. The first kappa shape index (κ1) is 14.4. The van der Waals surface area contributed by atoms with Crippen LogP contribution in [-0.2, 0) is 5.75 Å². The van der Waals surface area contributed by atoms with Crippen LogP contribution in [0.4, 0.5) is 0 Å². The van der Waals surface area contributed by atoms with Crippen molar-refractivity contribution in [2.45, 2.75) is 23.9 Å². The van der Waals surface area contributed by atoms with Crippen LogP contribution < -0.4 is 0 Å². The summed E-state index contributed by atoms with van der Waals surface area (Å²) in [7, 11) is 0. The number of nitrogens with one attached hydrogen (secondary N) is 1. The molecule has 21 heavy (non-hydrogen) atoms. The summed E-state index contributed by atoms with van der Waals surface area (Å²) < 4.78 is 0. The number of benzene rings is 2. The molecule has 2 aromatic carbocycles. The van der Waals surface area contributed by atoms with E-state index < -0.39 is 6.10 Å². The molecule has 1 aromatic heterocycles. The van der Waals surface area contributed by atoms with Crippen LogP contribution in [-0.4, -0.2) is 15.1 Å². The van der Waals surface area contributed by atoms with E-state index >= 15 is 0 Å². The Morgan fingerprint density at radius 3 is 2.71 bits per heavy atom. The minimum atomic E-state index is -0.470. The molecule has 0 bridgehead atoms. The van der Waals surface area contributed by atoms with E-state index in [4.69, 9.17) is 11.6 Å². The summed E-state index contributed by atoms with van der Waals surface area (Å²) in [5.74, 6) is 0.834. The van der Waals surface area contributed by atoms with Crippen LogP contribution in [0.1, 0.15) is 24.2 Å². The Morgan fingerprint density at radius 1 is 1.24 bits per heavy atom. The molecular formula is C16H15ClN2OS. The van der Waals surface area contributed by atoms with Crippen LogP contribution >= 0.6 is 23.4 Å². The minimum absolute atomic E-state index is 0.470. The van der Waals surface area contributed by atoms with Crippen molar-refractivity contribution in [1.82, 2.24) is 9.97 Å². The van der Waals surface area contributed by atoms with Gasteiger partial charge in [-0.2, -0.15) is 0 Å². The lowest BCUT2D eigenvalue weighted by Crippen LogP contribution is -1.89. The van der Waals surface area contributed by atoms with Gasteiger partial charge in [0.25, 0.3) is 0 Å². The van der Waals surface area contributed by atoms with Crippen molar-refractivity contribution in [2.75, 3.05) is 0 Å². The third kappa shape index (κ3) is 3.40. The fourth-order valence-electron chi connectivity index (χ4n) is 2.06. The van der Waals surface area contributed by atoms with Gasteiger partial charge in [0.05, 0.1) is 17.1 Å². The second-order valence-electron chi connectivity index (χ2n) is 4.91. The topological polar surface area (TPSA) is 48.9 Å². The molecule has 3 rings (SSSR count). The number of imidazole rings is 1. The summed E-state index contributed by atoms with van der Waals surface area (Å²) in [5, 5.41) is 11.2. The minimum Gasteiger partial charge on any atom is -0.389 e. The molecule has 3 aromatic rings. The van der Waals surface area contributed by atoms with Gasteiger partial charge >= 0.3 is 0 Å². The lowest BCUT2D eigenvalue weighted by atomic mass is 10.1. The number of hydrogen-bond donors (Lipinski definition) is 2. The van der Waals surface area contributed by atoms with Crippen molar-refractivity contribution in [2.24, 2.45) is 0 Å². The number of thioether (sulfide) groups is 1. The molecule has 0 aliphatic heterocycles. The summed E-state index contributed by atoms with van der Waals surface area (Å²) in [5.41, 5.74) is 3.96. The van der Waals surface area contributed by atoms with Crippen LogP contribution in [0, 0.1) is 0 Å². The molecule has 0 aliphatic carbocycles. The fourth-order valence-corrected chi connectivity index (χ4v) is 3.03. The summed E-state index contributed by atoms with van der Waals surface area (Å²) in [6.07, 6.45) is -0.470. The highest BCUT2D eigenvalue weighted by Crippen LogP contribution is 2.25. The van der Waals surface area contributed by atoms with Gasteiger partial charge in [-0.3, -0.25) is 0 Å². The second kappa shape index (κ2) is 6.10. The smallest absolute Gasteiger partial charge is 0.166 e. The van der Waals surface area contributed by atoms with Crippen molar-refractivity contribution in [3.05, 3.63) is 58.6 Å². The monoisotopic (exact) mass is 318 g/mol. The third-order valence-corrected chi connectivity index (χ3v) is 4.45. The van der Waals surface area contributed by atoms with Gasteiger partial charge in [-0.15, -0.1) is 0 Å². The Kier molecular flexibility index (Phi) is 4.19. The average molecular weight is 319 g/mol. The highest BCUT2D eigenvalue weighted by molar-refractivity contribution is 7.98. The zero-order chi connectivity index (χ0) is 14.8. The maximum atomic E-state index is 9.61. The number of aromatic nitrogens is 2. The number of nitrogens with zero attached hydrogens (tertiary/aromatic N) is 1. The zero-order valence-electron chi connectivity index (χ0n) is 11.5. The Morgan fingerprint density at radius 2 is 2.00 bits per heavy atom. The predicted molar refractivity (Wildman–Crippen MR) is 87.7 cm³/mol. The zero-order valence-corrected chi connectivity index (χ0v) is 13.1. The van der Waals surface area contributed by atoms with Crippen molar-refractivity contribution in [1.29, 1.82) is 0 Å². The normalized spacial score (nSPS) is 12.7. The number of fused-ring (bicyclic) bond motifs is 1. The van der Waals surface area contributed by atoms with Gasteiger partial charge in [-0.05, 0) is 42.3 Å². The van der Waals surface area contributed by atoms with E-state index in [1.165, 1.54) is 5.56 Å². The first-order chi connectivity index (χ1) is 10.1. The Balaban J connectivity index is 1.76. The molecule has 0 spiro atoms. The van der Waals surface area contributed by atoms with Gasteiger partial charge in [0, 0.05) is 10.8 Å². The van der Waals surface area contributed by atoms with Gasteiger partial charge in [0.15, 0.2) is 5.16 Å². The van der Waals surface area contributed by atoms with Gasteiger partial charge in [0.2, 0.25) is 0 Å². The summed E-state index contributed by atoms with van der Waals surface area (Å²) in [4.78, 5) is 7.83. The van der Waals surface area contributed by atoms with E-state index in [-0.39, 0.29) is 0 Å². The molecule has 2 N–H and O–H groups in total. The molecule has 0 aliphatic rings. The van der Waals surface area contributed by atoms with Crippen molar-refractivity contribution < 1.29 is 5.11 Å². The number of H-pyrrole nitrogens is 1. The van der Waals surface area contributed by atoms with Gasteiger partial charge in [-0.25, -0.2) is 4.98 Å². The number of aromatic amines is 1. The van der Waals surface area contributed by atoms with E-state index in [0.717, 1.165) is 32.5 Å². The predicted octanol–water partition coefficient (Wildman–Crippen LogP) is 4.56. The van der Waals surface area contributed by atoms with Gasteiger partial charge < -0.3 is 10.1 Å². The van der Waals surface area contributed by atoms with Crippen LogP contribution in [0.2, 0.25) is 5.02 Å². The fraction of sp³-hybridized carbons (Fsp3) is 0.188. The van der Waals surface area contributed by atoms with E-state index in [1.807, 2.05) is 42.5 Å². The van der Waals surface area contributed by atoms with Gasteiger partial charge in [0.1, 0.15) is 0 Å². The molecule has 5 heteroatoms. The third-order valence-electron chi connectivity index (χ3n) is 3.26. The number of hydrogen-bond acceptors (Lipinski definition) is 3. The van der Waals surface area contributed by atoms with Crippen LogP contribution in [0.3, 0.4) is 0 Å². The van der Waals surface area contributed by atoms with E-state index in [1.54, 1.807) is 18.7 Å². The molecule has 3 nitrogen and oxygen atoms in total. The van der Waals surface area contributed by atoms with E-state index in [9.17, 15) is 5.11 Å². The number of aliphatic hydroxyl groups is 1. The van der Waals surface area contributed by atoms with E-state index in [0.29, 0.717) is 0 Å². The first-order valence-electron chi connectivity index (χ1n) is 6.67. The summed E-state index contributed by atoms with van der Waals surface area (Å²) in [6, 6.07) is 13.6. The van der Waals surface area contributed by atoms with Crippen molar-refractivity contribution in [3.8, 4) is 0 Å². The van der Waals surface area contributed by atoms with E-state index in [2.05, 4.69) is 9.97 Å². The second-order valence-corrected chi connectivity index (χ2v) is 6.31. The highest BCUT2D eigenvalue weighted by atomic mass is 35.5. The molecule has 0 saturated heterocycles. The molecule has 1 atom stereocenters. The lowest BCUT2D eigenvalue weighted by Gasteiger charge is -2.02. The molecule has 1 heterocycles. The molecule has 0 saturated carbocycles. The standard InChI is InChI=1S/C16H15ClN2OS/c1-10(20)12-4-7-14-15(8-12)19-16(18-14)21-9-11-2-5-13(17)6-3-11/h2-8,10,20H,9H2,1H3,(H,18,19). The maximum Gasteiger partial charge on any atom is 0.166 e. The molecule has 1 unspecified atom stereocenters. The molecule has 0 amide bonds. The van der Waals surface area contributed by atoms with Gasteiger partial charge in [-0.1, -0.05) is 41.6 Å². The Bertz CT molecular complexity index is 753. The summed E-state index contributed by atoms with van der Waals surface area (Å²) >= 11 is 7.52. The molecule has 108 valence electrons. The Hall–Kier alpha value is -1.49. The van der Waals surface area contributed by atoms with Crippen LogP contribution in [0.5, 0.6) is 0 Å². The molecular weight excluding hydrogens is 304 g/mol. The largest absolute Gasteiger partial charge is 0.389 e. The average Bonchev–Trinajstić information content (AvgIpc) is 2.88. The number of aliphatic hydroxyl groups excluding tert-OH is 1. The maximum absolute atomic E-state index is 9.61. The van der Waals surface area contributed by atoms with Crippen molar-refractivity contribution >= 4 is 34.4 Å². The van der Waals surface area contributed by atoms with Crippen LogP contribution in [0.15, 0.2) is 47.6 Å². The molecule has 0 fully saturated rings. The first-order valence-corrected chi connectivity index (χ1v) is 8.03. The quantitative estimate of drug-likeness (QED) is 0.693. The molecule has 0 radical (unpaired) electrons. The highest BCUT2D eigenvalue weighted by Gasteiger charge is 2.07. The number of rotatable bonds is 4. The Labute approximate surface area is 132 Å². The van der Waals surface area contributed by atoms with Crippen molar-refractivity contribution in [3.63, 3.8) is 0 Å². The SMILES string of the molecule is CC(O)c1ccc2nc(SCc3ccc(Cl)cc3)[nH]c2c1.